The van der Waals surface area contributed by atoms with E-state index in [9.17, 15) is 9.59 Å². The number of nitrogens with zero attached hydrogens (tertiary/aromatic N) is 3. The summed E-state index contributed by atoms with van der Waals surface area (Å²) in [5.74, 6) is -0.192. The summed E-state index contributed by atoms with van der Waals surface area (Å²) in [6.45, 7) is 5.48. The van der Waals surface area contributed by atoms with E-state index in [4.69, 9.17) is 11.6 Å². The third-order valence-corrected chi connectivity index (χ3v) is 3.98. The van der Waals surface area contributed by atoms with Crippen LogP contribution in [-0.4, -0.2) is 27.1 Å². The van der Waals surface area contributed by atoms with Crippen LogP contribution in [0.3, 0.4) is 0 Å². The molecule has 1 aromatic carbocycles. The largest absolute Gasteiger partial charge is 0.333 e. The molecule has 1 heterocycles. The van der Waals surface area contributed by atoms with E-state index in [-0.39, 0.29) is 17.2 Å². The highest BCUT2D eigenvalue weighted by molar-refractivity contribution is 6.30. The summed E-state index contributed by atoms with van der Waals surface area (Å²) in [7, 11) is 0. The number of unbranched alkanes of at least 4 members (excludes halogenated alkanes) is 1. The van der Waals surface area contributed by atoms with Crippen LogP contribution in [-0.2, 0) is 13.1 Å². The standard InChI is InChI=1S/C18H22ClN3O2/c1-3-5-11-22-17(23)10-9-16(20-22)18(24)21(4-2)13-14-7-6-8-15(19)12-14/h6-10,12H,3-5,11,13H2,1-2H3. The van der Waals surface area contributed by atoms with Crippen LogP contribution in [0.4, 0.5) is 0 Å². The number of carbonyl (C=O) groups excluding carboxylic acids is 1. The maximum atomic E-state index is 12.7. The zero-order valence-electron chi connectivity index (χ0n) is 14.0. The van der Waals surface area contributed by atoms with Crippen LogP contribution in [0.25, 0.3) is 0 Å². The fraction of sp³-hybridized carbons (Fsp3) is 0.389. The first-order chi connectivity index (χ1) is 11.5. The molecule has 24 heavy (non-hydrogen) atoms. The van der Waals surface area contributed by atoms with E-state index < -0.39 is 0 Å². The Hall–Kier alpha value is -2.14. The SMILES string of the molecule is CCCCn1nc(C(=O)N(CC)Cc2cccc(Cl)c2)ccc1=O. The Morgan fingerprint density at radius 3 is 2.71 bits per heavy atom. The quantitative estimate of drug-likeness (QED) is 0.771. The first kappa shape index (κ1) is 18.2. The van der Waals surface area contributed by atoms with E-state index in [1.807, 2.05) is 32.0 Å². The minimum Gasteiger partial charge on any atom is -0.333 e. The molecule has 128 valence electrons. The molecule has 0 aliphatic rings. The molecule has 0 aliphatic carbocycles. The lowest BCUT2D eigenvalue weighted by atomic mass is 10.2. The van der Waals surface area contributed by atoms with Crippen molar-refractivity contribution in [3.8, 4) is 0 Å². The summed E-state index contributed by atoms with van der Waals surface area (Å²) >= 11 is 6.00. The number of rotatable bonds is 7. The van der Waals surface area contributed by atoms with Crippen molar-refractivity contribution >= 4 is 17.5 Å². The van der Waals surface area contributed by atoms with Gasteiger partial charge in [-0.25, -0.2) is 4.68 Å². The highest BCUT2D eigenvalue weighted by Gasteiger charge is 2.17. The number of benzene rings is 1. The Kier molecular flexibility index (Phi) is 6.55. The number of aryl methyl sites for hydroxylation is 1. The Labute approximate surface area is 146 Å². The molecule has 0 fully saturated rings. The Balaban J connectivity index is 2.20. The smallest absolute Gasteiger partial charge is 0.274 e. The van der Waals surface area contributed by atoms with Crippen molar-refractivity contribution in [2.24, 2.45) is 0 Å². The van der Waals surface area contributed by atoms with E-state index in [2.05, 4.69) is 5.10 Å². The Morgan fingerprint density at radius 2 is 2.04 bits per heavy atom. The van der Waals surface area contributed by atoms with Crippen LogP contribution < -0.4 is 5.56 Å². The number of carbonyl (C=O) groups is 1. The molecule has 0 spiro atoms. The summed E-state index contributed by atoms with van der Waals surface area (Å²) < 4.78 is 1.37. The third-order valence-electron chi connectivity index (χ3n) is 3.74. The number of amides is 1. The lowest BCUT2D eigenvalue weighted by molar-refractivity contribution is 0.0743. The molecule has 0 saturated carbocycles. The van der Waals surface area contributed by atoms with Crippen molar-refractivity contribution in [3.63, 3.8) is 0 Å². The van der Waals surface area contributed by atoms with Crippen LogP contribution >= 0.6 is 11.6 Å². The molecule has 2 aromatic rings. The van der Waals surface area contributed by atoms with Crippen LogP contribution in [0.2, 0.25) is 5.02 Å². The van der Waals surface area contributed by atoms with Gasteiger partial charge in [-0.3, -0.25) is 9.59 Å². The van der Waals surface area contributed by atoms with Crippen molar-refractivity contribution < 1.29 is 4.79 Å². The molecule has 0 N–H and O–H groups in total. The van der Waals surface area contributed by atoms with Crippen LogP contribution in [0, 0.1) is 0 Å². The number of hydrogen-bond donors (Lipinski definition) is 0. The van der Waals surface area contributed by atoms with Crippen molar-refractivity contribution in [1.82, 2.24) is 14.7 Å². The third kappa shape index (κ3) is 4.68. The molecule has 0 unspecified atom stereocenters. The number of halogens is 1. The van der Waals surface area contributed by atoms with Gasteiger partial charge in [0.2, 0.25) is 0 Å². The molecular weight excluding hydrogens is 326 g/mol. The van der Waals surface area contributed by atoms with E-state index >= 15 is 0 Å². The maximum Gasteiger partial charge on any atom is 0.274 e. The molecule has 0 radical (unpaired) electrons. The fourth-order valence-corrected chi connectivity index (χ4v) is 2.59. The van der Waals surface area contributed by atoms with Crippen molar-refractivity contribution in [1.29, 1.82) is 0 Å². The predicted molar refractivity (Wildman–Crippen MR) is 95.3 cm³/mol. The van der Waals surface area contributed by atoms with Gasteiger partial charge >= 0.3 is 0 Å². The molecule has 1 amide bonds. The predicted octanol–water partition coefficient (Wildman–Crippen LogP) is 3.36. The molecule has 5 nitrogen and oxygen atoms in total. The second-order valence-corrected chi connectivity index (χ2v) is 6.02. The monoisotopic (exact) mass is 347 g/mol. The van der Waals surface area contributed by atoms with E-state index in [0.717, 1.165) is 18.4 Å². The first-order valence-electron chi connectivity index (χ1n) is 8.17. The Morgan fingerprint density at radius 1 is 1.25 bits per heavy atom. The van der Waals surface area contributed by atoms with Crippen LogP contribution in [0.15, 0.2) is 41.2 Å². The topological polar surface area (TPSA) is 55.2 Å². The zero-order chi connectivity index (χ0) is 17.5. The summed E-state index contributed by atoms with van der Waals surface area (Å²) in [5.41, 5.74) is 1.06. The summed E-state index contributed by atoms with van der Waals surface area (Å²) in [6.07, 6.45) is 1.81. The minimum absolute atomic E-state index is 0.183. The molecule has 6 heteroatoms. The highest BCUT2D eigenvalue weighted by atomic mass is 35.5. The fourth-order valence-electron chi connectivity index (χ4n) is 2.38. The minimum atomic E-state index is -0.192. The van der Waals surface area contributed by atoms with Gasteiger partial charge in [-0.15, -0.1) is 0 Å². The lowest BCUT2D eigenvalue weighted by Gasteiger charge is -2.21. The van der Waals surface area contributed by atoms with Gasteiger partial charge in [-0.2, -0.15) is 5.10 Å². The van der Waals surface area contributed by atoms with E-state index in [1.165, 1.54) is 16.8 Å². The molecule has 0 aliphatic heterocycles. The number of aromatic nitrogens is 2. The van der Waals surface area contributed by atoms with Gasteiger partial charge in [0.25, 0.3) is 11.5 Å². The maximum absolute atomic E-state index is 12.7. The van der Waals surface area contributed by atoms with E-state index in [1.54, 1.807) is 11.0 Å². The van der Waals surface area contributed by atoms with Crippen LogP contribution in [0.1, 0.15) is 42.7 Å². The van der Waals surface area contributed by atoms with Gasteiger partial charge in [0.05, 0.1) is 0 Å². The Bertz CT molecular complexity index is 758. The molecule has 0 bridgehead atoms. The van der Waals surface area contributed by atoms with Gasteiger partial charge in [-0.05, 0) is 37.1 Å². The van der Waals surface area contributed by atoms with Gasteiger partial charge in [0.15, 0.2) is 0 Å². The van der Waals surface area contributed by atoms with Gasteiger partial charge in [0.1, 0.15) is 5.69 Å². The summed E-state index contributed by atoms with van der Waals surface area (Å²) in [5, 5.41) is 4.87. The summed E-state index contributed by atoms with van der Waals surface area (Å²) in [4.78, 5) is 26.2. The van der Waals surface area contributed by atoms with Gasteiger partial charge < -0.3 is 4.90 Å². The highest BCUT2D eigenvalue weighted by Crippen LogP contribution is 2.13. The molecule has 0 atom stereocenters. The average Bonchev–Trinajstić information content (AvgIpc) is 2.58. The first-order valence-corrected chi connectivity index (χ1v) is 8.54. The van der Waals surface area contributed by atoms with Crippen molar-refractivity contribution in [3.05, 3.63) is 63.0 Å². The van der Waals surface area contributed by atoms with Gasteiger partial charge in [0, 0.05) is 30.7 Å². The molecular formula is C18H22ClN3O2. The second-order valence-electron chi connectivity index (χ2n) is 5.58. The number of hydrogen-bond acceptors (Lipinski definition) is 3. The summed E-state index contributed by atoms with van der Waals surface area (Å²) in [6, 6.07) is 10.3. The van der Waals surface area contributed by atoms with Crippen molar-refractivity contribution in [2.75, 3.05) is 6.54 Å². The van der Waals surface area contributed by atoms with Gasteiger partial charge in [-0.1, -0.05) is 37.1 Å². The van der Waals surface area contributed by atoms with Crippen molar-refractivity contribution in [2.45, 2.75) is 39.8 Å². The van der Waals surface area contributed by atoms with E-state index in [0.29, 0.717) is 24.7 Å². The molecule has 2 rings (SSSR count). The second kappa shape index (κ2) is 8.64. The average molecular weight is 348 g/mol. The lowest BCUT2D eigenvalue weighted by Crippen LogP contribution is -2.33. The molecule has 0 saturated heterocycles. The normalized spacial score (nSPS) is 10.6. The zero-order valence-corrected chi connectivity index (χ0v) is 14.8. The van der Waals surface area contributed by atoms with Crippen LogP contribution in [0.5, 0.6) is 0 Å². The molecule has 1 aromatic heterocycles.